The molecule has 1 aliphatic heterocycles. The molecule has 5 N–H and O–H groups in total. The second-order valence-electron chi connectivity index (χ2n) is 9.77. The van der Waals surface area contributed by atoms with Gasteiger partial charge < -0.3 is 21.5 Å². The van der Waals surface area contributed by atoms with Crippen molar-refractivity contribution in [2.24, 2.45) is 17.4 Å². The van der Waals surface area contributed by atoms with Gasteiger partial charge in [0.05, 0.1) is 5.56 Å². The Hall–Kier alpha value is -3.88. The van der Waals surface area contributed by atoms with Crippen LogP contribution >= 0.6 is 0 Å². The van der Waals surface area contributed by atoms with Gasteiger partial charge in [0.1, 0.15) is 12.6 Å². The van der Waals surface area contributed by atoms with Crippen LogP contribution in [0.2, 0.25) is 0 Å². The lowest BCUT2D eigenvalue weighted by molar-refractivity contribution is -0.123. The van der Waals surface area contributed by atoms with Crippen LogP contribution in [0.5, 0.6) is 0 Å². The number of amides is 4. The topological polar surface area (TPSA) is 147 Å². The highest BCUT2D eigenvalue weighted by Crippen LogP contribution is 2.46. The number of carbonyl (C=O) groups is 4. The van der Waals surface area contributed by atoms with Crippen LogP contribution in [0, 0.1) is 12.8 Å². The van der Waals surface area contributed by atoms with Gasteiger partial charge in [-0.05, 0) is 73.4 Å². The van der Waals surface area contributed by atoms with Crippen LogP contribution in [-0.4, -0.2) is 41.5 Å². The van der Waals surface area contributed by atoms with E-state index in [0.717, 1.165) is 48.1 Å². The molecule has 2 aromatic rings. The Balaban J connectivity index is 1.88. The molecule has 1 heterocycles. The summed E-state index contributed by atoms with van der Waals surface area (Å²) < 4.78 is 0. The fraction of sp³-hybridized carbons (Fsp3) is 0.407. The number of hydrogen-bond acceptors (Lipinski definition) is 4. The number of fused-ring (bicyclic) bond motifs is 1. The van der Waals surface area contributed by atoms with E-state index >= 15 is 0 Å². The highest BCUT2D eigenvalue weighted by atomic mass is 16.4. The first-order valence-electron chi connectivity index (χ1n) is 12.3. The van der Waals surface area contributed by atoms with Crippen molar-refractivity contribution < 1.29 is 24.3 Å². The number of anilines is 2. The van der Waals surface area contributed by atoms with Crippen molar-refractivity contribution >= 4 is 35.2 Å². The van der Waals surface area contributed by atoms with Crippen molar-refractivity contribution in [2.45, 2.75) is 57.4 Å². The highest BCUT2D eigenvalue weighted by molar-refractivity contribution is 6.08. The molecule has 9 heteroatoms. The van der Waals surface area contributed by atoms with Crippen LogP contribution in [0.1, 0.15) is 65.9 Å². The predicted octanol–water partition coefficient (Wildman–Crippen LogP) is 3.53. The molecule has 2 aromatic carbocycles. The summed E-state index contributed by atoms with van der Waals surface area (Å²) in [7, 11) is 0. The summed E-state index contributed by atoms with van der Waals surface area (Å²) in [6, 6.07) is 9.77. The van der Waals surface area contributed by atoms with Crippen LogP contribution in [0.4, 0.5) is 16.2 Å². The second kappa shape index (κ2) is 10.4. The number of urea groups is 1. The predicted molar refractivity (Wildman–Crippen MR) is 136 cm³/mol. The molecule has 1 saturated carbocycles. The van der Waals surface area contributed by atoms with E-state index in [1.54, 1.807) is 6.07 Å². The Kier molecular flexibility index (Phi) is 7.28. The Morgan fingerprint density at radius 2 is 1.78 bits per heavy atom. The van der Waals surface area contributed by atoms with Gasteiger partial charge in [0.25, 0.3) is 5.91 Å². The molecule has 0 spiro atoms. The summed E-state index contributed by atoms with van der Waals surface area (Å²) in [5.74, 6) is -2.07. The third-order valence-electron chi connectivity index (χ3n) is 7.36. The number of nitrogens with zero attached hydrogens (tertiary/aromatic N) is 2. The maximum Gasteiger partial charge on any atom is 0.335 e. The van der Waals surface area contributed by atoms with Crippen molar-refractivity contribution in [3.05, 3.63) is 59.2 Å². The van der Waals surface area contributed by atoms with Crippen LogP contribution in [0.3, 0.4) is 0 Å². The average Bonchev–Trinajstić information content (AvgIpc) is 2.95. The first-order chi connectivity index (χ1) is 17.2. The molecular weight excluding hydrogens is 460 g/mol. The van der Waals surface area contributed by atoms with Crippen molar-refractivity contribution in [1.29, 1.82) is 0 Å². The lowest BCUT2D eigenvalue weighted by Crippen LogP contribution is -2.54. The summed E-state index contributed by atoms with van der Waals surface area (Å²) in [5.41, 5.74) is 14.1. The second-order valence-corrected chi connectivity index (χ2v) is 9.77. The van der Waals surface area contributed by atoms with E-state index in [1.807, 2.05) is 25.1 Å². The molecule has 1 fully saturated rings. The largest absolute Gasteiger partial charge is 0.478 e. The Labute approximate surface area is 210 Å². The number of rotatable bonds is 6. The fourth-order valence-corrected chi connectivity index (χ4v) is 5.74. The molecule has 0 saturated heterocycles. The monoisotopic (exact) mass is 492 g/mol. The van der Waals surface area contributed by atoms with E-state index < -0.39 is 29.9 Å². The molecule has 0 aromatic heterocycles. The van der Waals surface area contributed by atoms with Crippen molar-refractivity contribution in [2.75, 3.05) is 16.3 Å². The van der Waals surface area contributed by atoms with Gasteiger partial charge in [-0.1, -0.05) is 37.5 Å². The SMILES string of the molecule is Cc1ccc2c(c1)N(CC(N)=O)C(=O)C(N(C(N)=O)c1cccc(C(=O)O)c1)CC2C1CCCCC1. The molecule has 9 nitrogen and oxygen atoms in total. The number of carboxylic acid groups (broad SMARTS) is 1. The third-order valence-corrected chi connectivity index (χ3v) is 7.36. The Bertz CT molecular complexity index is 1190. The van der Waals surface area contributed by atoms with E-state index in [0.29, 0.717) is 18.0 Å². The molecule has 190 valence electrons. The van der Waals surface area contributed by atoms with Crippen molar-refractivity contribution in [3.63, 3.8) is 0 Å². The average molecular weight is 493 g/mol. The number of aryl methyl sites for hydroxylation is 1. The first-order valence-corrected chi connectivity index (χ1v) is 12.3. The summed E-state index contributed by atoms with van der Waals surface area (Å²) in [6.45, 7) is 1.57. The van der Waals surface area contributed by atoms with Gasteiger partial charge in [0, 0.05) is 11.4 Å². The minimum absolute atomic E-state index is 0.0310. The van der Waals surface area contributed by atoms with Crippen LogP contribution in [0.15, 0.2) is 42.5 Å². The third kappa shape index (κ3) is 5.05. The van der Waals surface area contributed by atoms with Gasteiger partial charge in [0.15, 0.2) is 0 Å². The van der Waals surface area contributed by atoms with Crippen LogP contribution in [0.25, 0.3) is 0 Å². The number of carboxylic acids is 1. The molecule has 0 radical (unpaired) electrons. The maximum absolute atomic E-state index is 14.1. The first kappa shape index (κ1) is 25.2. The summed E-state index contributed by atoms with van der Waals surface area (Å²) in [4.78, 5) is 53.1. The van der Waals surface area contributed by atoms with Gasteiger partial charge >= 0.3 is 12.0 Å². The number of carbonyl (C=O) groups excluding carboxylic acids is 3. The maximum atomic E-state index is 14.1. The molecule has 2 atom stereocenters. The quantitative estimate of drug-likeness (QED) is 0.564. The van der Waals surface area contributed by atoms with Gasteiger partial charge in [0.2, 0.25) is 5.91 Å². The molecule has 36 heavy (non-hydrogen) atoms. The van der Waals surface area contributed by atoms with Gasteiger partial charge in [-0.2, -0.15) is 0 Å². The zero-order valence-corrected chi connectivity index (χ0v) is 20.4. The zero-order valence-electron chi connectivity index (χ0n) is 20.4. The molecule has 0 bridgehead atoms. The minimum Gasteiger partial charge on any atom is -0.478 e. The smallest absolute Gasteiger partial charge is 0.335 e. The van der Waals surface area contributed by atoms with Crippen molar-refractivity contribution in [3.8, 4) is 0 Å². The molecule has 4 rings (SSSR count). The molecular formula is C27H32N4O5. The number of primary amides is 2. The van der Waals surface area contributed by atoms with E-state index in [-0.39, 0.29) is 23.7 Å². The van der Waals surface area contributed by atoms with Gasteiger partial charge in [-0.25, -0.2) is 9.59 Å². The normalized spacial score (nSPS) is 20.4. The number of aromatic carboxylic acids is 1. The highest BCUT2D eigenvalue weighted by Gasteiger charge is 2.43. The summed E-state index contributed by atoms with van der Waals surface area (Å²) in [5, 5.41) is 9.47. The molecule has 4 amide bonds. The summed E-state index contributed by atoms with van der Waals surface area (Å²) >= 11 is 0. The van der Waals surface area contributed by atoms with E-state index in [9.17, 15) is 24.3 Å². The Morgan fingerprint density at radius 3 is 2.42 bits per heavy atom. The van der Waals surface area contributed by atoms with E-state index in [2.05, 4.69) is 0 Å². The lowest BCUT2D eigenvalue weighted by Gasteiger charge is -2.35. The van der Waals surface area contributed by atoms with Gasteiger partial charge in [-0.3, -0.25) is 14.5 Å². The van der Waals surface area contributed by atoms with Gasteiger partial charge in [-0.15, -0.1) is 0 Å². The van der Waals surface area contributed by atoms with Crippen LogP contribution in [-0.2, 0) is 9.59 Å². The zero-order chi connectivity index (χ0) is 26.0. The lowest BCUT2D eigenvalue weighted by atomic mass is 9.74. The molecule has 1 aliphatic carbocycles. The van der Waals surface area contributed by atoms with Crippen molar-refractivity contribution in [1.82, 2.24) is 0 Å². The fourth-order valence-electron chi connectivity index (χ4n) is 5.74. The molecule has 2 unspecified atom stereocenters. The number of benzene rings is 2. The standard InChI is InChI=1S/C27H32N4O5/c1-16-10-11-20-21(17-6-3-2-4-7-17)14-23(25(33)30(15-24(28)32)22(20)12-16)31(27(29)36)19-9-5-8-18(13-19)26(34)35/h5,8-13,17,21,23H,2-4,6-7,14-15H2,1H3,(H2,28,32)(H2,29,36)(H,34,35). The number of nitrogens with two attached hydrogens (primary N) is 2. The summed E-state index contributed by atoms with van der Waals surface area (Å²) in [6.07, 6.45) is 5.64. The minimum atomic E-state index is -1.16. The molecule has 2 aliphatic rings. The van der Waals surface area contributed by atoms with E-state index in [1.165, 1.54) is 23.1 Å². The Morgan fingerprint density at radius 1 is 1.06 bits per heavy atom. The number of hydrogen-bond donors (Lipinski definition) is 3. The van der Waals surface area contributed by atoms with E-state index in [4.69, 9.17) is 11.5 Å². The van der Waals surface area contributed by atoms with Crippen LogP contribution < -0.4 is 21.3 Å².